The van der Waals surface area contributed by atoms with E-state index < -0.39 is 0 Å². The third kappa shape index (κ3) is 4.37. The van der Waals surface area contributed by atoms with Crippen LogP contribution in [0.5, 0.6) is 0 Å². The molecule has 0 N–H and O–H groups in total. The number of rotatable bonds is 5. The highest BCUT2D eigenvalue weighted by atomic mass is 31.1. The van der Waals surface area contributed by atoms with Crippen LogP contribution in [-0.4, -0.2) is 17.5 Å². The Bertz CT molecular complexity index is 216. The van der Waals surface area contributed by atoms with Gasteiger partial charge < -0.3 is 0 Å². The Kier molecular flexibility index (Phi) is 6.77. The van der Waals surface area contributed by atoms with Crippen LogP contribution < -0.4 is 0 Å². The van der Waals surface area contributed by atoms with Crippen LogP contribution in [0.4, 0.5) is 0 Å². The average Bonchev–Trinajstić information content (AvgIpc) is 2.46. The molecule has 0 spiro atoms. The molecule has 104 valence electrons. The molecule has 18 heavy (non-hydrogen) atoms. The van der Waals surface area contributed by atoms with E-state index in [1.807, 2.05) is 0 Å². The molecule has 0 aromatic heterocycles. The van der Waals surface area contributed by atoms with Crippen molar-refractivity contribution in [3.05, 3.63) is 12.2 Å². The second-order valence-corrected chi connectivity index (χ2v) is 9.01. The zero-order chi connectivity index (χ0) is 12.6. The van der Waals surface area contributed by atoms with Gasteiger partial charge in [0.2, 0.25) is 0 Å². The van der Waals surface area contributed by atoms with Crippen LogP contribution in [0.3, 0.4) is 0 Å². The summed E-state index contributed by atoms with van der Waals surface area (Å²) in [4.78, 5) is 0. The first-order valence-electron chi connectivity index (χ1n) is 8.32. The Morgan fingerprint density at radius 3 is 1.72 bits per heavy atom. The third-order valence-electron chi connectivity index (χ3n) is 4.81. The second-order valence-electron chi connectivity index (χ2n) is 6.16. The predicted octanol–water partition coefficient (Wildman–Crippen LogP) is 6.10. The monoisotopic (exact) mass is 266 g/mol. The summed E-state index contributed by atoms with van der Waals surface area (Å²) in [7, 11) is 0.305. The molecule has 2 rings (SSSR count). The van der Waals surface area contributed by atoms with Gasteiger partial charge in [-0.3, -0.25) is 0 Å². The normalized spacial score (nSPS) is 24.1. The van der Waals surface area contributed by atoms with Crippen LogP contribution in [0.2, 0.25) is 0 Å². The van der Waals surface area contributed by atoms with E-state index in [1.165, 1.54) is 51.1 Å². The Balaban J connectivity index is 1.93. The minimum absolute atomic E-state index is 0.305. The van der Waals surface area contributed by atoms with E-state index in [1.54, 1.807) is 25.7 Å². The SMILES string of the molecule is CCC=CCP(C1CCCCC1)C1CCCCC1. The van der Waals surface area contributed by atoms with Gasteiger partial charge in [-0.15, -0.1) is 0 Å². The van der Waals surface area contributed by atoms with Gasteiger partial charge in [0.1, 0.15) is 0 Å². The van der Waals surface area contributed by atoms with Gasteiger partial charge in [-0.05, 0) is 49.6 Å². The molecule has 0 unspecified atom stereocenters. The Morgan fingerprint density at radius 1 is 0.778 bits per heavy atom. The lowest BCUT2D eigenvalue weighted by atomic mass is 9.99. The van der Waals surface area contributed by atoms with Crippen LogP contribution in [0, 0.1) is 0 Å². The number of hydrogen-bond acceptors (Lipinski definition) is 0. The Hall–Kier alpha value is 0.170. The molecule has 0 nitrogen and oxygen atoms in total. The molecule has 2 aliphatic rings. The molecule has 0 amide bonds. The molecule has 0 heterocycles. The average molecular weight is 266 g/mol. The smallest absolute Gasteiger partial charge is 0.0140 e. The van der Waals surface area contributed by atoms with E-state index in [0.29, 0.717) is 7.92 Å². The molecule has 0 aromatic rings. The molecule has 0 aliphatic heterocycles. The first-order valence-corrected chi connectivity index (χ1v) is 9.99. The first-order chi connectivity index (χ1) is 8.92. The van der Waals surface area contributed by atoms with Crippen LogP contribution in [-0.2, 0) is 0 Å². The lowest BCUT2D eigenvalue weighted by molar-refractivity contribution is 0.485. The summed E-state index contributed by atoms with van der Waals surface area (Å²) < 4.78 is 0. The van der Waals surface area contributed by atoms with Gasteiger partial charge in [0.05, 0.1) is 0 Å². The summed E-state index contributed by atoms with van der Waals surface area (Å²) >= 11 is 0. The van der Waals surface area contributed by atoms with Gasteiger partial charge >= 0.3 is 0 Å². The van der Waals surface area contributed by atoms with Crippen LogP contribution in [0.25, 0.3) is 0 Å². The van der Waals surface area contributed by atoms with E-state index in [0.717, 1.165) is 11.3 Å². The van der Waals surface area contributed by atoms with E-state index >= 15 is 0 Å². The first kappa shape index (κ1) is 14.6. The number of hydrogen-bond donors (Lipinski definition) is 0. The highest BCUT2D eigenvalue weighted by Gasteiger charge is 2.29. The molecule has 2 fully saturated rings. The maximum absolute atomic E-state index is 2.52. The fourth-order valence-electron chi connectivity index (χ4n) is 3.78. The molecule has 2 saturated carbocycles. The number of allylic oxidation sites excluding steroid dienone is 2. The summed E-state index contributed by atoms with van der Waals surface area (Å²) in [6.45, 7) is 2.26. The van der Waals surface area contributed by atoms with Gasteiger partial charge in [0.25, 0.3) is 0 Å². The highest BCUT2D eigenvalue weighted by molar-refractivity contribution is 7.59. The van der Waals surface area contributed by atoms with Crippen molar-refractivity contribution in [2.75, 3.05) is 6.16 Å². The van der Waals surface area contributed by atoms with Crippen molar-refractivity contribution < 1.29 is 0 Å². The van der Waals surface area contributed by atoms with Gasteiger partial charge in [0, 0.05) is 0 Å². The largest absolute Gasteiger partial charge is 0.0965 e. The minimum Gasteiger partial charge on any atom is -0.0965 e. The van der Waals surface area contributed by atoms with Crippen molar-refractivity contribution in [2.24, 2.45) is 0 Å². The van der Waals surface area contributed by atoms with Gasteiger partial charge in [-0.2, -0.15) is 0 Å². The van der Waals surface area contributed by atoms with Crippen molar-refractivity contribution in [3.63, 3.8) is 0 Å². The lowest BCUT2D eigenvalue weighted by Crippen LogP contribution is -2.21. The van der Waals surface area contributed by atoms with Crippen LogP contribution in [0.15, 0.2) is 12.2 Å². The molecule has 0 atom stereocenters. The van der Waals surface area contributed by atoms with E-state index in [2.05, 4.69) is 19.1 Å². The molecular formula is C17H31P. The van der Waals surface area contributed by atoms with Gasteiger partial charge in [-0.25, -0.2) is 0 Å². The van der Waals surface area contributed by atoms with Crippen molar-refractivity contribution in [2.45, 2.75) is 88.9 Å². The molecule has 0 radical (unpaired) electrons. The van der Waals surface area contributed by atoms with Gasteiger partial charge in [-0.1, -0.05) is 65.5 Å². The van der Waals surface area contributed by atoms with E-state index in [9.17, 15) is 0 Å². The fraction of sp³-hybridized carbons (Fsp3) is 0.882. The standard InChI is InChI=1S/C17H31P/c1-2-3-10-15-18(16-11-6-4-7-12-16)17-13-8-5-9-14-17/h3,10,16-17H,2,4-9,11-15H2,1H3. The summed E-state index contributed by atoms with van der Waals surface area (Å²) in [6.07, 6.45) is 22.9. The minimum atomic E-state index is 0.305. The zero-order valence-electron chi connectivity index (χ0n) is 12.2. The van der Waals surface area contributed by atoms with Crippen molar-refractivity contribution in [3.8, 4) is 0 Å². The molecule has 1 heteroatoms. The third-order valence-corrected chi connectivity index (χ3v) is 8.35. The Morgan fingerprint density at radius 2 is 1.28 bits per heavy atom. The van der Waals surface area contributed by atoms with Crippen LogP contribution >= 0.6 is 7.92 Å². The summed E-state index contributed by atoms with van der Waals surface area (Å²) in [5.74, 6) is 0. The molecular weight excluding hydrogens is 235 g/mol. The topological polar surface area (TPSA) is 0 Å². The quantitative estimate of drug-likeness (QED) is 0.416. The summed E-state index contributed by atoms with van der Waals surface area (Å²) in [5, 5.41) is 0. The van der Waals surface area contributed by atoms with E-state index in [-0.39, 0.29) is 0 Å². The van der Waals surface area contributed by atoms with E-state index in [4.69, 9.17) is 0 Å². The van der Waals surface area contributed by atoms with Crippen molar-refractivity contribution >= 4 is 7.92 Å². The van der Waals surface area contributed by atoms with Crippen LogP contribution in [0.1, 0.15) is 77.6 Å². The lowest BCUT2D eigenvalue weighted by Gasteiger charge is -2.38. The fourth-order valence-corrected chi connectivity index (χ4v) is 7.43. The van der Waals surface area contributed by atoms with Crippen molar-refractivity contribution in [1.29, 1.82) is 0 Å². The maximum atomic E-state index is 2.52. The molecule has 0 saturated heterocycles. The Labute approximate surface area is 115 Å². The molecule has 0 bridgehead atoms. The summed E-state index contributed by atoms with van der Waals surface area (Å²) in [5.41, 5.74) is 2.25. The molecule has 2 aliphatic carbocycles. The van der Waals surface area contributed by atoms with Gasteiger partial charge in [0.15, 0.2) is 0 Å². The molecule has 0 aromatic carbocycles. The second kappa shape index (κ2) is 8.36. The van der Waals surface area contributed by atoms with Crippen molar-refractivity contribution in [1.82, 2.24) is 0 Å². The summed E-state index contributed by atoms with van der Waals surface area (Å²) in [6, 6.07) is 0. The zero-order valence-corrected chi connectivity index (χ0v) is 13.1. The predicted molar refractivity (Wildman–Crippen MR) is 85.0 cm³/mol. The highest BCUT2D eigenvalue weighted by Crippen LogP contribution is 2.55. The maximum Gasteiger partial charge on any atom is -0.0140 e.